The summed E-state index contributed by atoms with van der Waals surface area (Å²) in [6, 6.07) is 3.84. The molecule has 1 aromatic heterocycles. The van der Waals surface area contributed by atoms with E-state index in [1.165, 1.54) is 0 Å². The van der Waals surface area contributed by atoms with Crippen LogP contribution in [0.5, 0.6) is 0 Å². The van der Waals surface area contributed by atoms with E-state index in [-0.39, 0.29) is 5.91 Å². The van der Waals surface area contributed by atoms with Crippen LogP contribution >= 0.6 is 22.6 Å². The van der Waals surface area contributed by atoms with Crippen molar-refractivity contribution in [1.29, 1.82) is 0 Å². The first-order valence-corrected chi connectivity index (χ1v) is 5.46. The van der Waals surface area contributed by atoms with Gasteiger partial charge in [0.15, 0.2) is 3.77 Å². The summed E-state index contributed by atoms with van der Waals surface area (Å²) in [6.45, 7) is 1.33. The number of halogens is 1. The first kappa shape index (κ1) is 11.5. The molecule has 0 atom stereocenters. The molecule has 0 saturated carbocycles. The molecule has 2 N–H and O–H groups in total. The van der Waals surface area contributed by atoms with Gasteiger partial charge in [-0.2, -0.15) is 0 Å². The van der Waals surface area contributed by atoms with Crippen molar-refractivity contribution in [2.45, 2.75) is 13.0 Å². The van der Waals surface area contributed by atoms with Crippen molar-refractivity contribution >= 4 is 28.5 Å². The average Bonchev–Trinajstić information content (AvgIpc) is 2.58. The van der Waals surface area contributed by atoms with Crippen LogP contribution in [-0.2, 0) is 11.3 Å². The Bertz CT molecular complexity index is 299. The molecule has 0 aliphatic heterocycles. The molecule has 0 aromatic carbocycles. The molecule has 5 heteroatoms. The van der Waals surface area contributed by atoms with Gasteiger partial charge in [-0.3, -0.25) is 4.79 Å². The number of carbonyl (C=O) groups is 1. The predicted octanol–water partition coefficient (Wildman–Crippen LogP) is 1.11. The van der Waals surface area contributed by atoms with Crippen LogP contribution in [0.15, 0.2) is 16.5 Å². The lowest BCUT2D eigenvalue weighted by Gasteiger charge is -2.01. The molecule has 1 rings (SSSR count). The Labute approximate surface area is 96.6 Å². The molecule has 0 saturated heterocycles. The van der Waals surface area contributed by atoms with Gasteiger partial charge in [-0.25, -0.2) is 0 Å². The van der Waals surface area contributed by atoms with E-state index in [0.29, 0.717) is 19.5 Å². The molecule has 0 aliphatic carbocycles. The van der Waals surface area contributed by atoms with Crippen molar-refractivity contribution in [1.82, 2.24) is 10.6 Å². The smallest absolute Gasteiger partial charge is 0.221 e. The van der Waals surface area contributed by atoms with Crippen molar-refractivity contribution in [3.05, 3.63) is 21.7 Å². The van der Waals surface area contributed by atoms with Gasteiger partial charge in [-0.05, 0) is 34.7 Å². The quantitative estimate of drug-likeness (QED) is 0.633. The highest BCUT2D eigenvalue weighted by Gasteiger charge is 2.00. The van der Waals surface area contributed by atoms with Crippen LogP contribution in [0.25, 0.3) is 0 Å². The van der Waals surface area contributed by atoms with Gasteiger partial charge in [0.1, 0.15) is 5.76 Å². The van der Waals surface area contributed by atoms with Crippen LogP contribution in [0.4, 0.5) is 0 Å². The molecule has 4 nitrogen and oxygen atoms in total. The van der Waals surface area contributed by atoms with Gasteiger partial charge in [0.2, 0.25) is 5.91 Å². The highest BCUT2D eigenvalue weighted by Crippen LogP contribution is 2.09. The molecule has 0 bridgehead atoms. The minimum absolute atomic E-state index is 0.0477. The van der Waals surface area contributed by atoms with Gasteiger partial charge in [0.25, 0.3) is 0 Å². The van der Waals surface area contributed by atoms with Crippen molar-refractivity contribution in [3.8, 4) is 0 Å². The Morgan fingerprint density at radius 1 is 1.57 bits per heavy atom. The zero-order chi connectivity index (χ0) is 10.4. The summed E-state index contributed by atoms with van der Waals surface area (Å²) in [6.07, 6.45) is 0.494. The number of amides is 1. The molecule has 0 unspecified atom stereocenters. The number of carbonyl (C=O) groups excluding carboxylic acids is 1. The molecular weight excluding hydrogens is 295 g/mol. The summed E-state index contributed by atoms with van der Waals surface area (Å²) < 4.78 is 6.22. The third-order valence-electron chi connectivity index (χ3n) is 1.74. The lowest BCUT2D eigenvalue weighted by molar-refractivity contribution is -0.120. The third kappa shape index (κ3) is 4.10. The zero-order valence-electron chi connectivity index (χ0n) is 7.97. The molecule has 78 valence electrons. The van der Waals surface area contributed by atoms with Gasteiger partial charge >= 0.3 is 0 Å². The maximum atomic E-state index is 10.9. The van der Waals surface area contributed by atoms with E-state index in [1.807, 2.05) is 12.1 Å². The highest BCUT2D eigenvalue weighted by atomic mass is 127. The zero-order valence-corrected chi connectivity index (χ0v) is 10.1. The van der Waals surface area contributed by atoms with Crippen LogP contribution in [0, 0.1) is 3.77 Å². The molecule has 1 amide bonds. The normalized spacial score (nSPS) is 10.1. The monoisotopic (exact) mass is 308 g/mol. The van der Waals surface area contributed by atoms with Gasteiger partial charge < -0.3 is 15.1 Å². The van der Waals surface area contributed by atoms with E-state index >= 15 is 0 Å². The van der Waals surface area contributed by atoms with Gasteiger partial charge in [0, 0.05) is 20.0 Å². The topological polar surface area (TPSA) is 54.3 Å². The lowest BCUT2D eigenvalue weighted by atomic mass is 10.4. The molecule has 0 spiro atoms. The van der Waals surface area contributed by atoms with Crippen LogP contribution in [0.1, 0.15) is 12.2 Å². The number of hydrogen-bond donors (Lipinski definition) is 2. The summed E-state index contributed by atoms with van der Waals surface area (Å²) in [5.41, 5.74) is 0. The van der Waals surface area contributed by atoms with Gasteiger partial charge in [-0.1, -0.05) is 0 Å². The fraction of sp³-hybridized carbons (Fsp3) is 0.444. The van der Waals surface area contributed by atoms with Gasteiger partial charge in [-0.15, -0.1) is 0 Å². The summed E-state index contributed by atoms with van der Waals surface area (Å²) >= 11 is 2.12. The maximum absolute atomic E-state index is 10.9. The Morgan fingerprint density at radius 3 is 2.93 bits per heavy atom. The van der Waals surface area contributed by atoms with Crippen LogP contribution in [-0.4, -0.2) is 19.5 Å². The molecule has 1 heterocycles. The first-order valence-electron chi connectivity index (χ1n) is 4.38. The summed E-state index contributed by atoms with van der Waals surface area (Å²) in [5, 5.41) is 5.69. The molecule has 0 aliphatic rings. The van der Waals surface area contributed by atoms with Crippen molar-refractivity contribution in [3.63, 3.8) is 0 Å². The molecule has 0 radical (unpaired) electrons. The minimum atomic E-state index is 0.0477. The molecule has 0 fully saturated rings. The second kappa shape index (κ2) is 6.02. The summed E-state index contributed by atoms with van der Waals surface area (Å²) in [7, 11) is 1.64. The van der Waals surface area contributed by atoms with E-state index < -0.39 is 0 Å². The maximum Gasteiger partial charge on any atom is 0.221 e. The van der Waals surface area contributed by atoms with E-state index in [4.69, 9.17) is 4.42 Å². The predicted molar refractivity (Wildman–Crippen MR) is 61.8 cm³/mol. The molecule has 14 heavy (non-hydrogen) atoms. The van der Waals surface area contributed by atoms with E-state index in [1.54, 1.807) is 7.05 Å². The van der Waals surface area contributed by atoms with Crippen LogP contribution in [0.2, 0.25) is 0 Å². The first-order chi connectivity index (χ1) is 6.72. The van der Waals surface area contributed by atoms with E-state index in [2.05, 4.69) is 33.2 Å². The van der Waals surface area contributed by atoms with E-state index in [9.17, 15) is 4.79 Å². The van der Waals surface area contributed by atoms with Gasteiger partial charge in [0.05, 0.1) is 6.54 Å². The Morgan fingerprint density at radius 2 is 2.36 bits per heavy atom. The van der Waals surface area contributed by atoms with E-state index in [0.717, 1.165) is 9.53 Å². The fourth-order valence-corrected chi connectivity index (χ4v) is 1.45. The van der Waals surface area contributed by atoms with Crippen molar-refractivity contribution in [2.75, 3.05) is 13.6 Å². The average molecular weight is 308 g/mol. The number of hydrogen-bond acceptors (Lipinski definition) is 3. The molecule has 1 aromatic rings. The fourth-order valence-electron chi connectivity index (χ4n) is 0.985. The SMILES string of the molecule is CNC(=O)CCNCc1ccc(I)o1. The Balaban J connectivity index is 2.13. The highest BCUT2D eigenvalue weighted by molar-refractivity contribution is 14.1. The largest absolute Gasteiger partial charge is 0.454 e. The number of furan rings is 1. The number of rotatable bonds is 5. The summed E-state index contributed by atoms with van der Waals surface area (Å²) in [4.78, 5) is 10.9. The number of nitrogens with one attached hydrogen (secondary N) is 2. The third-order valence-corrected chi connectivity index (χ3v) is 2.32. The summed E-state index contributed by atoms with van der Waals surface area (Å²) in [5.74, 6) is 0.942. The minimum Gasteiger partial charge on any atom is -0.454 e. The lowest BCUT2D eigenvalue weighted by Crippen LogP contribution is -2.24. The Hall–Kier alpha value is -0.560. The van der Waals surface area contributed by atoms with Crippen molar-refractivity contribution in [2.24, 2.45) is 0 Å². The second-order valence-electron chi connectivity index (χ2n) is 2.81. The standard InChI is InChI=1S/C9H13IN2O2/c1-11-9(13)4-5-12-6-7-2-3-8(10)14-7/h2-3,12H,4-6H2,1H3,(H,11,13). The van der Waals surface area contributed by atoms with Crippen LogP contribution in [0.3, 0.4) is 0 Å². The molecular formula is C9H13IN2O2. The Kier molecular flexibility index (Phi) is 4.95. The second-order valence-corrected chi connectivity index (χ2v) is 3.87. The van der Waals surface area contributed by atoms with Crippen LogP contribution < -0.4 is 10.6 Å². The van der Waals surface area contributed by atoms with Crippen molar-refractivity contribution < 1.29 is 9.21 Å².